The molecule has 1 saturated carbocycles. The van der Waals surface area contributed by atoms with Gasteiger partial charge in [-0.2, -0.15) is 0 Å². The molecule has 0 aromatic rings. The smallest absolute Gasteiger partial charge is 0.191 e. The van der Waals surface area contributed by atoms with Crippen molar-refractivity contribution in [2.45, 2.75) is 51.6 Å². The van der Waals surface area contributed by atoms with Gasteiger partial charge in [0, 0.05) is 26.2 Å². The van der Waals surface area contributed by atoms with E-state index in [1.54, 1.807) is 0 Å². The fourth-order valence-electron chi connectivity index (χ4n) is 2.42. The molecule has 19 heavy (non-hydrogen) atoms. The van der Waals surface area contributed by atoms with Crippen molar-refractivity contribution in [1.29, 1.82) is 0 Å². The van der Waals surface area contributed by atoms with Crippen LogP contribution in [-0.4, -0.2) is 38.3 Å². The maximum Gasteiger partial charge on any atom is 0.191 e. The van der Waals surface area contributed by atoms with Crippen molar-refractivity contribution in [3.05, 3.63) is 0 Å². The Balaban J connectivity index is 0.00000180. The van der Waals surface area contributed by atoms with Crippen LogP contribution in [0.3, 0.4) is 0 Å². The quantitative estimate of drug-likeness (QED) is 0.437. The third-order valence-corrected chi connectivity index (χ3v) is 3.85. The maximum atomic E-state index is 5.72. The normalized spacial score (nSPS) is 24.3. The van der Waals surface area contributed by atoms with E-state index >= 15 is 0 Å². The minimum atomic E-state index is 0. The molecule has 0 aromatic carbocycles. The van der Waals surface area contributed by atoms with Gasteiger partial charge in [0.2, 0.25) is 0 Å². The zero-order valence-corrected chi connectivity index (χ0v) is 14.3. The minimum Gasteiger partial charge on any atom is -0.376 e. The van der Waals surface area contributed by atoms with E-state index in [9.17, 15) is 0 Å². The molecule has 1 unspecified atom stereocenters. The number of nitrogens with one attached hydrogen (secondary N) is 2. The van der Waals surface area contributed by atoms with E-state index in [-0.39, 0.29) is 24.0 Å². The second kappa shape index (κ2) is 9.80. The molecule has 0 aromatic heterocycles. The Morgan fingerprint density at radius 1 is 1.16 bits per heavy atom. The number of ether oxygens (including phenoxy) is 1. The molecule has 1 aliphatic heterocycles. The molecule has 2 aliphatic rings. The van der Waals surface area contributed by atoms with Crippen LogP contribution in [0.2, 0.25) is 0 Å². The van der Waals surface area contributed by atoms with Gasteiger partial charge in [0.25, 0.3) is 0 Å². The van der Waals surface area contributed by atoms with Gasteiger partial charge in [0.15, 0.2) is 5.96 Å². The van der Waals surface area contributed by atoms with Gasteiger partial charge in [0.05, 0.1) is 6.10 Å². The van der Waals surface area contributed by atoms with E-state index in [2.05, 4.69) is 22.5 Å². The van der Waals surface area contributed by atoms with Gasteiger partial charge in [-0.3, -0.25) is 4.99 Å². The predicted octanol–water partition coefficient (Wildman–Crippen LogP) is 2.53. The Morgan fingerprint density at radius 2 is 2.00 bits per heavy atom. The maximum absolute atomic E-state index is 5.72. The van der Waals surface area contributed by atoms with Crippen LogP contribution in [-0.2, 0) is 4.74 Å². The average molecular weight is 381 g/mol. The Hall–Kier alpha value is -0.0400. The number of hydrogen-bond acceptors (Lipinski definition) is 2. The van der Waals surface area contributed by atoms with Crippen LogP contribution in [0, 0.1) is 5.92 Å². The Morgan fingerprint density at radius 3 is 2.58 bits per heavy atom. The first kappa shape index (κ1) is 17.0. The lowest BCUT2D eigenvalue weighted by Gasteiger charge is -2.25. The molecule has 4 nitrogen and oxygen atoms in total. The summed E-state index contributed by atoms with van der Waals surface area (Å²) >= 11 is 0. The Labute approximate surface area is 134 Å². The highest BCUT2D eigenvalue weighted by atomic mass is 127. The topological polar surface area (TPSA) is 45.7 Å². The first-order valence-electron chi connectivity index (χ1n) is 7.52. The van der Waals surface area contributed by atoms with Crippen molar-refractivity contribution in [2.75, 3.05) is 26.2 Å². The van der Waals surface area contributed by atoms with E-state index in [0.29, 0.717) is 6.10 Å². The van der Waals surface area contributed by atoms with E-state index < -0.39 is 0 Å². The zero-order chi connectivity index (χ0) is 12.6. The first-order valence-corrected chi connectivity index (χ1v) is 7.52. The molecular formula is C14H28IN3O. The number of nitrogens with zero attached hydrogens (tertiary/aromatic N) is 1. The minimum absolute atomic E-state index is 0. The third-order valence-electron chi connectivity index (χ3n) is 3.85. The van der Waals surface area contributed by atoms with Crippen molar-refractivity contribution in [3.8, 4) is 0 Å². The lowest BCUT2D eigenvalue weighted by atomic mass is 9.86. The lowest BCUT2D eigenvalue weighted by Crippen LogP contribution is -2.42. The number of hydrogen-bond donors (Lipinski definition) is 2. The van der Waals surface area contributed by atoms with E-state index in [4.69, 9.17) is 4.74 Å². The second-order valence-electron chi connectivity index (χ2n) is 5.39. The van der Waals surface area contributed by atoms with E-state index in [1.165, 1.54) is 38.5 Å². The number of rotatable bonds is 5. The van der Waals surface area contributed by atoms with E-state index in [0.717, 1.165) is 38.1 Å². The molecule has 1 heterocycles. The van der Waals surface area contributed by atoms with Gasteiger partial charge in [-0.25, -0.2) is 0 Å². The summed E-state index contributed by atoms with van der Waals surface area (Å²) in [4.78, 5) is 4.66. The van der Waals surface area contributed by atoms with Crippen LogP contribution in [0.25, 0.3) is 0 Å². The molecule has 5 heteroatoms. The molecular weight excluding hydrogens is 353 g/mol. The van der Waals surface area contributed by atoms with Crippen molar-refractivity contribution >= 4 is 29.9 Å². The van der Waals surface area contributed by atoms with Gasteiger partial charge in [-0.05, 0) is 44.9 Å². The largest absolute Gasteiger partial charge is 0.376 e. The monoisotopic (exact) mass is 381 g/mol. The van der Waals surface area contributed by atoms with Gasteiger partial charge in [-0.1, -0.05) is 6.42 Å². The Kier molecular flexibility index (Phi) is 8.77. The molecule has 0 radical (unpaired) electrons. The van der Waals surface area contributed by atoms with Crippen LogP contribution >= 0.6 is 24.0 Å². The van der Waals surface area contributed by atoms with Crippen LogP contribution in [0.4, 0.5) is 0 Å². The molecule has 0 bridgehead atoms. The average Bonchev–Trinajstić information content (AvgIpc) is 2.35. The molecule has 1 atom stereocenters. The zero-order valence-electron chi connectivity index (χ0n) is 12.0. The van der Waals surface area contributed by atoms with Crippen LogP contribution < -0.4 is 10.6 Å². The van der Waals surface area contributed by atoms with Crippen LogP contribution in [0.5, 0.6) is 0 Å². The Bertz CT molecular complexity index is 263. The van der Waals surface area contributed by atoms with Crippen molar-refractivity contribution < 1.29 is 4.74 Å². The lowest BCUT2D eigenvalue weighted by molar-refractivity contribution is 0.0194. The molecule has 2 N–H and O–H groups in total. The van der Waals surface area contributed by atoms with Crippen LogP contribution in [0.1, 0.15) is 45.4 Å². The second-order valence-corrected chi connectivity index (χ2v) is 5.39. The summed E-state index contributed by atoms with van der Waals surface area (Å²) in [6.07, 6.45) is 8.15. The SMILES string of the molecule is CCNC(=NCC1CCC1)NCC1CCCCO1.I. The van der Waals surface area contributed by atoms with Crippen molar-refractivity contribution in [2.24, 2.45) is 10.9 Å². The molecule has 2 fully saturated rings. The number of aliphatic imine (C=N–C) groups is 1. The van der Waals surface area contributed by atoms with Crippen molar-refractivity contribution in [3.63, 3.8) is 0 Å². The summed E-state index contributed by atoms with van der Waals surface area (Å²) in [5, 5.41) is 6.72. The highest BCUT2D eigenvalue weighted by Gasteiger charge is 2.17. The summed E-state index contributed by atoms with van der Waals surface area (Å²) in [5.74, 6) is 1.78. The molecule has 2 rings (SSSR count). The van der Waals surface area contributed by atoms with Crippen LogP contribution in [0.15, 0.2) is 4.99 Å². The predicted molar refractivity (Wildman–Crippen MR) is 90.3 cm³/mol. The van der Waals surface area contributed by atoms with Gasteiger partial charge in [-0.15, -0.1) is 24.0 Å². The highest BCUT2D eigenvalue weighted by Crippen LogP contribution is 2.26. The molecule has 0 spiro atoms. The summed E-state index contributed by atoms with van der Waals surface area (Å²) in [6, 6.07) is 0. The summed E-state index contributed by atoms with van der Waals surface area (Å²) < 4.78 is 5.72. The first-order chi connectivity index (χ1) is 8.88. The molecule has 1 aliphatic carbocycles. The highest BCUT2D eigenvalue weighted by molar-refractivity contribution is 14.0. The van der Waals surface area contributed by atoms with Gasteiger partial charge >= 0.3 is 0 Å². The summed E-state index contributed by atoms with van der Waals surface area (Å²) in [5.41, 5.74) is 0. The fourth-order valence-corrected chi connectivity index (χ4v) is 2.42. The van der Waals surface area contributed by atoms with Gasteiger partial charge < -0.3 is 15.4 Å². The van der Waals surface area contributed by atoms with Gasteiger partial charge in [0.1, 0.15) is 0 Å². The third kappa shape index (κ3) is 6.29. The fraction of sp³-hybridized carbons (Fsp3) is 0.929. The standard InChI is InChI=1S/C14H27N3O.HI/c1-2-15-14(16-10-12-6-5-7-12)17-11-13-8-3-4-9-18-13;/h12-13H,2-11H2,1H3,(H2,15,16,17);1H. The van der Waals surface area contributed by atoms with E-state index in [1.807, 2.05) is 0 Å². The number of guanidine groups is 1. The van der Waals surface area contributed by atoms with Crippen molar-refractivity contribution in [1.82, 2.24) is 10.6 Å². The molecule has 112 valence electrons. The summed E-state index contributed by atoms with van der Waals surface area (Å²) in [6.45, 7) is 5.80. The molecule has 1 saturated heterocycles. The number of halogens is 1. The summed E-state index contributed by atoms with van der Waals surface area (Å²) in [7, 11) is 0. The molecule has 0 amide bonds.